The van der Waals surface area contributed by atoms with Crippen LogP contribution < -0.4 is 25.8 Å². The molecule has 2 aliphatic carbocycles. The maximum Gasteiger partial charge on any atom is 0.311 e. The van der Waals surface area contributed by atoms with Gasteiger partial charge in [0.15, 0.2) is 5.75 Å². The van der Waals surface area contributed by atoms with Crippen LogP contribution in [-0.4, -0.2) is 88.1 Å². The Morgan fingerprint density at radius 3 is 1.68 bits per heavy atom. The molecule has 6 atom stereocenters. The number of aromatic nitrogens is 4. The molecule has 0 amide bonds. The molecule has 10 rings (SSSR count). The van der Waals surface area contributed by atoms with E-state index in [9.17, 15) is 18.9 Å². The number of nitrogens with zero attached hydrogens (tertiary/aromatic N) is 7. The van der Waals surface area contributed by atoms with Crippen molar-refractivity contribution in [1.29, 1.82) is 0 Å². The van der Waals surface area contributed by atoms with Crippen molar-refractivity contribution >= 4 is 79.4 Å². The first-order valence-electron chi connectivity index (χ1n) is 21.4. The van der Waals surface area contributed by atoms with E-state index in [1.807, 2.05) is 12.1 Å². The summed E-state index contributed by atoms with van der Waals surface area (Å²) in [6.45, 7) is 5.64. The minimum absolute atomic E-state index is 0. The van der Waals surface area contributed by atoms with Gasteiger partial charge in [-0.15, -0.1) is 0 Å². The number of anilines is 5. The van der Waals surface area contributed by atoms with Crippen LogP contribution in [0.3, 0.4) is 0 Å². The van der Waals surface area contributed by atoms with Gasteiger partial charge in [0.2, 0.25) is 0 Å². The fraction of sp³-hybridized carbons (Fsp3) is 0.391. The van der Waals surface area contributed by atoms with Gasteiger partial charge in [-0.2, -0.15) is 0 Å². The van der Waals surface area contributed by atoms with E-state index >= 15 is 0 Å². The van der Waals surface area contributed by atoms with Crippen LogP contribution in [-0.2, 0) is 17.1 Å². The number of nitrogen functional groups attached to an aromatic ring is 1. The first-order valence-corrected chi connectivity index (χ1v) is 22.2. The summed E-state index contributed by atoms with van der Waals surface area (Å²) in [7, 11) is 4.33. The average molecular weight is 970 g/mol. The molecule has 65 heavy (non-hydrogen) atoms. The van der Waals surface area contributed by atoms with Crippen molar-refractivity contribution in [3.63, 3.8) is 0 Å². The molecule has 4 aliphatic rings. The van der Waals surface area contributed by atoms with Crippen LogP contribution in [0, 0.1) is 57.3 Å². The average Bonchev–Trinajstić information content (AvgIpc) is 4.04. The molecule has 4 aromatic carbocycles. The quantitative estimate of drug-likeness (QED) is 0.0486. The fourth-order valence-corrected chi connectivity index (χ4v) is 10.5. The summed E-state index contributed by atoms with van der Waals surface area (Å²) in [6.07, 6.45) is 7.60. The van der Waals surface area contributed by atoms with Crippen LogP contribution in [0.5, 0.6) is 11.5 Å². The van der Waals surface area contributed by atoms with E-state index in [1.54, 1.807) is 12.1 Å². The van der Waals surface area contributed by atoms with Gasteiger partial charge in [-0.3, -0.25) is 10.1 Å². The molecule has 2 aromatic heterocycles. The van der Waals surface area contributed by atoms with Crippen molar-refractivity contribution in [2.45, 2.75) is 25.7 Å². The molecule has 0 bridgehead atoms. The molecule has 2 saturated heterocycles. The summed E-state index contributed by atoms with van der Waals surface area (Å²) in [4.78, 5) is 33.3. The summed E-state index contributed by atoms with van der Waals surface area (Å²) in [5, 5.41) is 19.3. The van der Waals surface area contributed by atoms with Crippen molar-refractivity contribution < 1.29 is 40.2 Å². The third-order valence-electron chi connectivity index (χ3n) is 13.3. The number of fused-ring (bicyclic) bond motifs is 4. The first kappa shape index (κ1) is 46.4. The number of hydrogen-bond donors (Lipinski definition) is 3. The van der Waals surface area contributed by atoms with Crippen molar-refractivity contribution in [2.24, 2.45) is 35.5 Å². The van der Waals surface area contributed by atoms with Gasteiger partial charge in [0.25, 0.3) is 0 Å². The molecule has 4 fully saturated rings. The molecule has 6 unspecified atom stereocenters. The van der Waals surface area contributed by atoms with Crippen molar-refractivity contribution in [3.8, 4) is 11.5 Å². The zero-order chi connectivity index (χ0) is 44.6. The molecule has 342 valence electrons. The number of nitrogens with two attached hydrogens (primary N) is 1. The summed E-state index contributed by atoms with van der Waals surface area (Å²) < 4.78 is 39.1. The van der Waals surface area contributed by atoms with Crippen LogP contribution in [0.4, 0.5) is 43.2 Å². The molecular weight excluding hydrogens is 921 g/mol. The zero-order valence-corrected chi connectivity index (χ0v) is 38.3. The van der Waals surface area contributed by atoms with Crippen LogP contribution in [0.15, 0.2) is 73.3 Å². The second kappa shape index (κ2) is 19.7. The number of nitro groups is 1. The number of rotatable bonds is 11. The standard InChI is InChI=1S/C23H23ClFN5O3.C23H25ClFN5O.Fe/c1-29-9-13-2-3-14(17(13)10-29)11-33-22-8-20-16(7-21(22)30(31)32)23(27-12-26-20)28-15-4-5-19(25)18(24)6-15;1-30-9-13-2-3-14(17(13)10-30)11-31-22-8-21-16(7-20(22)26)23(28-12-27-21)29-15-4-5-19(25)18(24)6-15;/h4-8,12-14,17H,2-3,9-11H2,1H3,(H,26,27,28);4-8,12-14,17H,2-3,9-11,26H2,1H3,(H,27,28,29);. The van der Waals surface area contributed by atoms with Gasteiger partial charge in [0.1, 0.15) is 41.7 Å². The predicted molar refractivity (Wildman–Crippen MR) is 245 cm³/mol. The maximum absolute atomic E-state index is 13.5. The number of likely N-dealkylation sites (tertiary alicyclic amines) is 2. The van der Waals surface area contributed by atoms with Gasteiger partial charge >= 0.3 is 5.69 Å². The van der Waals surface area contributed by atoms with Crippen LogP contribution in [0.1, 0.15) is 25.7 Å². The van der Waals surface area contributed by atoms with E-state index < -0.39 is 16.6 Å². The summed E-state index contributed by atoms with van der Waals surface area (Å²) in [5.74, 6) is 4.51. The molecule has 4 N–H and O–H groups in total. The Hall–Kier alpha value is -5.16. The number of benzene rings is 4. The minimum Gasteiger partial charge on any atom is -0.491 e. The molecule has 2 saturated carbocycles. The number of ether oxygens (including phenoxy) is 2. The van der Waals surface area contributed by atoms with Gasteiger partial charge in [-0.25, -0.2) is 28.7 Å². The van der Waals surface area contributed by atoms with Gasteiger partial charge in [-0.05, 0) is 118 Å². The second-order valence-electron chi connectivity index (χ2n) is 17.5. The molecule has 19 heteroatoms. The molecule has 6 aromatic rings. The summed E-state index contributed by atoms with van der Waals surface area (Å²) >= 11 is 11.7. The zero-order valence-electron chi connectivity index (χ0n) is 35.7. The first-order chi connectivity index (χ1) is 30.9. The van der Waals surface area contributed by atoms with Crippen molar-refractivity contribution in [1.82, 2.24) is 29.7 Å². The van der Waals surface area contributed by atoms with Gasteiger partial charge in [0, 0.05) is 78.2 Å². The van der Waals surface area contributed by atoms with E-state index in [0.717, 1.165) is 42.9 Å². The number of nitrogens with one attached hydrogen (secondary N) is 2. The predicted octanol–water partition coefficient (Wildman–Crippen LogP) is 9.75. The van der Waals surface area contributed by atoms with Gasteiger partial charge in [0.05, 0.1) is 50.3 Å². The summed E-state index contributed by atoms with van der Waals surface area (Å²) in [5.41, 5.74) is 9.08. The van der Waals surface area contributed by atoms with Gasteiger partial charge in [-0.1, -0.05) is 23.2 Å². The van der Waals surface area contributed by atoms with Gasteiger partial charge < -0.3 is 35.6 Å². The molecule has 0 radical (unpaired) electrons. The second-order valence-corrected chi connectivity index (χ2v) is 18.4. The third-order valence-corrected chi connectivity index (χ3v) is 13.9. The molecule has 4 heterocycles. The molecular formula is C46H48Cl2F2FeN10O4. The minimum atomic E-state index is -0.537. The normalized spacial score (nSPS) is 22.5. The Bertz CT molecular complexity index is 2730. The van der Waals surface area contributed by atoms with Crippen molar-refractivity contribution in [2.75, 3.05) is 69.9 Å². The SMILES string of the molecule is CN1CC2CCC(COc3cc4ncnc(Nc5ccc(F)c(Cl)c5)c4cc3N)C2C1.CN1CC2CCC(COc3cc4ncnc(Nc5ccc(F)c(Cl)c5)c4cc3[N+](=O)[O-])C2C1.[Fe]. The Kier molecular flexibility index (Phi) is 14.1. The smallest absolute Gasteiger partial charge is 0.311 e. The van der Waals surface area contributed by atoms with E-state index in [1.165, 1.54) is 74.9 Å². The van der Waals surface area contributed by atoms with Crippen molar-refractivity contribution in [3.05, 3.63) is 105 Å². The fourth-order valence-electron chi connectivity index (χ4n) is 10.2. The molecule has 0 spiro atoms. The number of nitro benzene ring substituents is 1. The molecule has 14 nitrogen and oxygen atoms in total. The Morgan fingerprint density at radius 1 is 0.708 bits per heavy atom. The number of hydrogen-bond acceptors (Lipinski definition) is 13. The third kappa shape index (κ3) is 10.2. The Balaban J connectivity index is 0.000000175. The van der Waals surface area contributed by atoms with Crippen LogP contribution >= 0.6 is 23.2 Å². The topological polar surface area (TPSA) is 170 Å². The van der Waals surface area contributed by atoms with E-state index in [2.05, 4.69) is 54.5 Å². The van der Waals surface area contributed by atoms with E-state index in [-0.39, 0.29) is 38.6 Å². The monoisotopic (exact) mass is 968 g/mol. The van der Waals surface area contributed by atoms with E-state index in [0.29, 0.717) is 88.2 Å². The van der Waals surface area contributed by atoms with Crippen LogP contribution in [0.2, 0.25) is 10.0 Å². The maximum atomic E-state index is 13.5. The number of halogens is 4. The molecule has 2 aliphatic heterocycles. The van der Waals surface area contributed by atoms with E-state index in [4.69, 9.17) is 38.4 Å². The Morgan fingerprint density at radius 2 is 1.18 bits per heavy atom. The Labute approximate surface area is 395 Å². The largest absolute Gasteiger partial charge is 0.491 e. The van der Waals surface area contributed by atoms with Crippen LogP contribution in [0.25, 0.3) is 21.8 Å². The summed E-state index contributed by atoms with van der Waals surface area (Å²) in [6, 6.07) is 15.3.